The molecule has 0 aliphatic rings. The minimum Gasteiger partial charge on any atom is -0.223 e. The highest BCUT2D eigenvalue weighted by Gasteiger charge is 2.05. The van der Waals surface area contributed by atoms with E-state index in [2.05, 4.69) is 11.9 Å². The molecule has 0 aliphatic heterocycles. The van der Waals surface area contributed by atoms with E-state index in [4.69, 9.17) is 23.2 Å². The fourth-order valence-electron chi connectivity index (χ4n) is 1.04. The second kappa shape index (κ2) is 6.31. The molecule has 0 saturated carbocycles. The van der Waals surface area contributed by atoms with Crippen LogP contribution < -0.4 is 0 Å². The molecule has 0 N–H and O–H groups in total. The highest BCUT2D eigenvalue weighted by Crippen LogP contribution is 2.20. The minimum atomic E-state index is 0.467. The van der Waals surface area contributed by atoms with Crippen molar-refractivity contribution in [1.29, 1.82) is 0 Å². The van der Waals surface area contributed by atoms with Crippen molar-refractivity contribution < 1.29 is 0 Å². The van der Waals surface area contributed by atoms with Gasteiger partial charge in [0, 0.05) is 0 Å². The van der Waals surface area contributed by atoms with Gasteiger partial charge in [0.1, 0.15) is 10.3 Å². The number of hydrogen-bond donors (Lipinski definition) is 0. The van der Waals surface area contributed by atoms with E-state index in [0.717, 1.165) is 23.3 Å². The van der Waals surface area contributed by atoms with Gasteiger partial charge >= 0.3 is 0 Å². The van der Waals surface area contributed by atoms with E-state index in [1.807, 2.05) is 24.4 Å². The second-order valence-corrected chi connectivity index (χ2v) is 4.81. The summed E-state index contributed by atoms with van der Waals surface area (Å²) in [5.41, 5.74) is 1.13. The van der Waals surface area contributed by atoms with Crippen molar-refractivity contribution in [2.75, 3.05) is 0 Å². The third-order valence-corrected chi connectivity index (χ3v) is 3.50. The van der Waals surface area contributed by atoms with E-state index in [-0.39, 0.29) is 0 Å². The molecule has 0 amide bonds. The van der Waals surface area contributed by atoms with E-state index in [1.54, 1.807) is 11.3 Å². The number of unbranched alkanes of at least 4 members (excludes halogenated alkanes) is 1. The minimum absolute atomic E-state index is 0.467. The first-order valence-corrected chi connectivity index (χ1v) is 6.43. The molecule has 1 aromatic heterocycles. The first-order valence-electron chi connectivity index (χ1n) is 4.79. The number of aryl methyl sites for hydroxylation is 1. The Labute approximate surface area is 104 Å². The third kappa shape index (κ3) is 3.98. The lowest BCUT2D eigenvalue weighted by Gasteiger charge is -1.96. The Balaban J connectivity index is 2.80. The van der Waals surface area contributed by atoms with Gasteiger partial charge in [-0.05, 0) is 36.4 Å². The summed E-state index contributed by atoms with van der Waals surface area (Å²) in [5.74, 6) is 0. The summed E-state index contributed by atoms with van der Waals surface area (Å²) in [4.78, 5) is 5.12. The zero-order chi connectivity index (χ0) is 11.3. The maximum atomic E-state index is 6.06. The Morgan fingerprint density at radius 1 is 1.53 bits per heavy atom. The molecular formula is C11H13Cl2NS. The van der Waals surface area contributed by atoms with Crippen LogP contribution in [0.25, 0.3) is 0 Å². The van der Waals surface area contributed by atoms with Crippen LogP contribution in [0.3, 0.4) is 0 Å². The van der Waals surface area contributed by atoms with Gasteiger partial charge < -0.3 is 0 Å². The topological polar surface area (TPSA) is 12.4 Å². The van der Waals surface area contributed by atoms with E-state index >= 15 is 0 Å². The molecule has 1 heterocycles. The molecule has 0 saturated heterocycles. The van der Waals surface area contributed by atoms with Crippen molar-refractivity contribution in [3.05, 3.63) is 33.1 Å². The maximum Gasteiger partial charge on any atom is 0.148 e. The molecule has 1 rings (SSSR count). The highest BCUT2D eigenvalue weighted by molar-refractivity contribution is 7.14. The lowest BCUT2D eigenvalue weighted by molar-refractivity contribution is 0.954. The molecule has 1 aromatic rings. The SMILES string of the molecule is CCC/C=C(Cl)/N=C(/Cl)c1sccc1C. The summed E-state index contributed by atoms with van der Waals surface area (Å²) in [6, 6.07) is 2.02. The van der Waals surface area contributed by atoms with Gasteiger partial charge in [-0.1, -0.05) is 36.5 Å². The molecule has 0 unspecified atom stereocenters. The van der Waals surface area contributed by atoms with Crippen LogP contribution in [0, 0.1) is 6.92 Å². The largest absolute Gasteiger partial charge is 0.223 e. The number of allylic oxidation sites excluding steroid dienone is 1. The van der Waals surface area contributed by atoms with Crippen molar-refractivity contribution in [3.63, 3.8) is 0 Å². The van der Waals surface area contributed by atoms with Gasteiger partial charge in [-0.3, -0.25) is 0 Å². The van der Waals surface area contributed by atoms with Crippen molar-refractivity contribution >= 4 is 39.7 Å². The van der Waals surface area contributed by atoms with Crippen molar-refractivity contribution in [3.8, 4) is 0 Å². The molecule has 0 fully saturated rings. The number of nitrogens with zero attached hydrogens (tertiary/aromatic N) is 1. The Morgan fingerprint density at radius 2 is 2.27 bits per heavy atom. The lowest BCUT2D eigenvalue weighted by atomic mass is 10.3. The number of hydrogen-bond acceptors (Lipinski definition) is 2. The van der Waals surface area contributed by atoms with E-state index in [9.17, 15) is 0 Å². The molecule has 0 atom stereocenters. The zero-order valence-electron chi connectivity index (χ0n) is 8.76. The van der Waals surface area contributed by atoms with Crippen LogP contribution >= 0.6 is 34.5 Å². The predicted octanol–water partition coefficient (Wildman–Crippen LogP) is 4.92. The number of aliphatic imine (C=N–C) groups is 1. The van der Waals surface area contributed by atoms with E-state index in [0.29, 0.717) is 10.3 Å². The van der Waals surface area contributed by atoms with Crippen LogP contribution in [0.15, 0.2) is 27.7 Å². The van der Waals surface area contributed by atoms with Gasteiger partial charge in [0.25, 0.3) is 0 Å². The molecule has 82 valence electrons. The molecule has 1 nitrogen and oxygen atoms in total. The zero-order valence-corrected chi connectivity index (χ0v) is 11.1. The fraction of sp³-hybridized carbons (Fsp3) is 0.364. The Morgan fingerprint density at radius 3 is 2.80 bits per heavy atom. The van der Waals surface area contributed by atoms with Gasteiger partial charge in [-0.15, -0.1) is 11.3 Å². The van der Waals surface area contributed by atoms with Crippen molar-refractivity contribution in [2.45, 2.75) is 26.7 Å². The van der Waals surface area contributed by atoms with Crippen LogP contribution in [-0.2, 0) is 0 Å². The van der Waals surface area contributed by atoms with Gasteiger partial charge in [0.2, 0.25) is 0 Å². The van der Waals surface area contributed by atoms with Crippen LogP contribution in [0.4, 0.5) is 0 Å². The number of thiophene rings is 1. The quantitative estimate of drug-likeness (QED) is 0.539. The van der Waals surface area contributed by atoms with Crippen LogP contribution in [-0.4, -0.2) is 5.17 Å². The third-order valence-electron chi connectivity index (χ3n) is 1.86. The Kier molecular flexibility index (Phi) is 5.37. The molecule has 0 aliphatic carbocycles. The molecule has 0 radical (unpaired) electrons. The van der Waals surface area contributed by atoms with Gasteiger partial charge in [0.15, 0.2) is 0 Å². The van der Waals surface area contributed by atoms with Crippen molar-refractivity contribution in [1.82, 2.24) is 0 Å². The standard InChI is InChI=1S/C11H13Cl2NS/c1-3-4-5-9(12)14-11(13)10-8(2)6-7-15-10/h5-7H,3-4H2,1-2H3/b9-5+,14-11+. The molecule has 0 spiro atoms. The smallest absolute Gasteiger partial charge is 0.148 e. The Bertz CT molecular complexity index is 380. The van der Waals surface area contributed by atoms with Gasteiger partial charge in [-0.25, -0.2) is 4.99 Å². The fourth-order valence-corrected chi connectivity index (χ4v) is 2.45. The summed E-state index contributed by atoms with van der Waals surface area (Å²) >= 11 is 13.6. The lowest BCUT2D eigenvalue weighted by Crippen LogP contribution is -1.89. The van der Waals surface area contributed by atoms with Crippen molar-refractivity contribution in [2.24, 2.45) is 4.99 Å². The summed E-state index contributed by atoms with van der Waals surface area (Å²) < 4.78 is 0. The highest BCUT2D eigenvalue weighted by atomic mass is 35.5. The Hall–Kier alpha value is -0.310. The first-order chi connectivity index (χ1) is 7.15. The van der Waals surface area contributed by atoms with Gasteiger partial charge in [-0.2, -0.15) is 0 Å². The molecule has 0 aromatic carbocycles. The summed E-state index contributed by atoms with van der Waals surface area (Å²) in [6.45, 7) is 4.10. The molecule has 15 heavy (non-hydrogen) atoms. The van der Waals surface area contributed by atoms with Crippen LogP contribution in [0.2, 0.25) is 0 Å². The van der Waals surface area contributed by atoms with E-state index in [1.165, 1.54) is 0 Å². The number of rotatable bonds is 4. The summed E-state index contributed by atoms with van der Waals surface area (Å²) in [5, 5.41) is 2.93. The second-order valence-electron chi connectivity index (χ2n) is 3.15. The molecule has 0 bridgehead atoms. The average Bonchev–Trinajstić information content (AvgIpc) is 2.61. The van der Waals surface area contributed by atoms with Crippen LogP contribution in [0.1, 0.15) is 30.2 Å². The summed E-state index contributed by atoms with van der Waals surface area (Å²) in [6.07, 6.45) is 3.87. The average molecular weight is 262 g/mol. The predicted molar refractivity (Wildman–Crippen MR) is 70.3 cm³/mol. The first kappa shape index (κ1) is 12.8. The van der Waals surface area contributed by atoms with Crippen LogP contribution in [0.5, 0.6) is 0 Å². The monoisotopic (exact) mass is 261 g/mol. The van der Waals surface area contributed by atoms with E-state index < -0.39 is 0 Å². The summed E-state index contributed by atoms with van der Waals surface area (Å²) in [7, 11) is 0. The van der Waals surface area contributed by atoms with Gasteiger partial charge in [0.05, 0.1) is 4.88 Å². The normalized spacial score (nSPS) is 13.3. The molecular weight excluding hydrogens is 249 g/mol. The molecule has 4 heteroatoms. The number of halogens is 2. The maximum absolute atomic E-state index is 6.06.